The van der Waals surface area contributed by atoms with Crippen LogP contribution >= 0.6 is 34.2 Å². The van der Waals surface area contributed by atoms with Crippen LogP contribution in [0.25, 0.3) is 0 Å². The first-order valence-corrected chi connectivity index (χ1v) is 7.34. The summed E-state index contributed by atoms with van der Waals surface area (Å²) in [6.07, 6.45) is 1.29. The Morgan fingerprint density at radius 1 is 1.19 bits per heavy atom. The van der Waals surface area contributed by atoms with Gasteiger partial charge in [0.05, 0.1) is 5.56 Å². The lowest BCUT2D eigenvalue weighted by Crippen LogP contribution is -2.20. The van der Waals surface area contributed by atoms with Crippen LogP contribution in [0.15, 0.2) is 42.6 Å². The van der Waals surface area contributed by atoms with Crippen LogP contribution in [0.1, 0.15) is 10.4 Å². The number of esters is 1. The predicted molar refractivity (Wildman–Crippen MR) is 87.3 cm³/mol. The molecule has 5 nitrogen and oxygen atoms in total. The average Bonchev–Trinajstić information content (AvgIpc) is 2.48. The minimum atomic E-state index is -0.628. The minimum absolute atomic E-state index is 0.237. The van der Waals surface area contributed by atoms with Crippen LogP contribution < -0.4 is 5.32 Å². The van der Waals surface area contributed by atoms with Gasteiger partial charge in [-0.25, -0.2) is 9.78 Å². The Morgan fingerprint density at radius 3 is 2.52 bits per heavy atom. The molecule has 0 atom stereocenters. The first-order valence-electron chi connectivity index (χ1n) is 5.89. The summed E-state index contributed by atoms with van der Waals surface area (Å²) >= 11 is 7.78. The van der Waals surface area contributed by atoms with Gasteiger partial charge in [0.25, 0.3) is 5.91 Å². The number of rotatable bonds is 4. The van der Waals surface area contributed by atoms with E-state index in [9.17, 15) is 9.59 Å². The number of halogens is 2. The van der Waals surface area contributed by atoms with E-state index in [1.54, 1.807) is 12.1 Å². The van der Waals surface area contributed by atoms with E-state index in [-0.39, 0.29) is 17.3 Å². The zero-order chi connectivity index (χ0) is 15.2. The Labute approximate surface area is 139 Å². The number of carbonyl (C=O) groups excluding carboxylic acids is 2. The summed E-state index contributed by atoms with van der Waals surface area (Å²) in [4.78, 5) is 27.1. The number of anilines is 1. The van der Waals surface area contributed by atoms with Crippen LogP contribution in [0.4, 0.5) is 5.69 Å². The van der Waals surface area contributed by atoms with Crippen LogP contribution in [0.3, 0.4) is 0 Å². The van der Waals surface area contributed by atoms with Gasteiger partial charge in [-0.3, -0.25) is 4.79 Å². The highest BCUT2D eigenvalue weighted by molar-refractivity contribution is 14.1. The monoisotopic (exact) mass is 416 g/mol. The molecule has 0 aliphatic heterocycles. The number of hydrogen-bond acceptors (Lipinski definition) is 4. The smallest absolute Gasteiger partial charge is 0.340 e. The van der Waals surface area contributed by atoms with Gasteiger partial charge >= 0.3 is 5.97 Å². The lowest BCUT2D eigenvalue weighted by Gasteiger charge is -2.06. The average molecular weight is 417 g/mol. The van der Waals surface area contributed by atoms with Gasteiger partial charge in [-0.15, -0.1) is 0 Å². The fourth-order valence-electron chi connectivity index (χ4n) is 1.44. The lowest BCUT2D eigenvalue weighted by atomic mass is 10.3. The third-order valence-electron chi connectivity index (χ3n) is 2.43. The van der Waals surface area contributed by atoms with E-state index in [2.05, 4.69) is 32.9 Å². The number of nitrogens with one attached hydrogen (secondary N) is 1. The number of ether oxygens (including phenoxy) is 1. The number of carbonyl (C=O) groups is 2. The molecule has 0 bridgehead atoms. The molecule has 1 amide bonds. The van der Waals surface area contributed by atoms with Crippen molar-refractivity contribution in [3.8, 4) is 0 Å². The van der Waals surface area contributed by atoms with E-state index >= 15 is 0 Å². The summed E-state index contributed by atoms with van der Waals surface area (Å²) in [5.74, 6) is -1.04. The van der Waals surface area contributed by atoms with Crippen molar-refractivity contribution < 1.29 is 14.3 Å². The Hall–Kier alpha value is -1.67. The maximum Gasteiger partial charge on any atom is 0.340 e. The summed E-state index contributed by atoms with van der Waals surface area (Å²) in [5, 5.41) is 2.91. The SMILES string of the molecule is O=C(COC(=O)c1ccc(Cl)nc1)Nc1ccc(I)cc1. The molecule has 21 heavy (non-hydrogen) atoms. The van der Waals surface area contributed by atoms with Crippen molar-refractivity contribution >= 4 is 51.8 Å². The number of hydrogen-bond donors (Lipinski definition) is 1. The van der Waals surface area contributed by atoms with Gasteiger partial charge in [0, 0.05) is 15.5 Å². The molecule has 0 radical (unpaired) electrons. The first kappa shape index (κ1) is 15.7. The Bertz CT molecular complexity index is 644. The van der Waals surface area contributed by atoms with E-state index in [0.717, 1.165) is 3.57 Å². The fraction of sp³-hybridized carbons (Fsp3) is 0.0714. The van der Waals surface area contributed by atoms with Gasteiger partial charge in [0.15, 0.2) is 6.61 Å². The fourth-order valence-corrected chi connectivity index (χ4v) is 1.91. The van der Waals surface area contributed by atoms with Crippen molar-refractivity contribution in [3.63, 3.8) is 0 Å². The van der Waals surface area contributed by atoms with Gasteiger partial charge in [0.2, 0.25) is 0 Å². The van der Waals surface area contributed by atoms with Gasteiger partial charge in [-0.1, -0.05) is 11.6 Å². The van der Waals surface area contributed by atoms with Crippen molar-refractivity contribution in [3.05, 3.63) is 56.9 Å². The van der Waals surface area contributed by atoms with E-state index in [1.165, 1.54) is 18.3 Å². The summed E-state index contributed by atoms with van der Waals surface area (Å²) in [6, 6.07) is 10.2. The van der Waals surface area contributed by atoms with E-state index < -0.39 is 11.9 Å². The van der Waals surface area contributed by atoms with Gasteiger partial charge in [0.1, 0.15) is 5.15 Å². The highest BCUT2D eigenvalue weighted by Crippen LogP contribution is 2.11. The standard InChI is InChI=1S/C14H10ClIN2O3/c15-12-6-1-9(7-17-12)14(20)21-8-13(19)18-11-4-2-10(16)3-5-11/h1-7H,8H2,(H,18,19). The second-order valence-electron chi connectivity index (χ2n) is 4.00. The summed E-state index contributed by atoms with van der Waals surface area (Å²) in [6.45, 7) is -0.368. The van der Waals surface area contributed by atoms with Gasteiger partial charge in [-0.05, 0) is 59.0 Å². The molecule has 0 spiro atoms. The molecule has 0 saturated carbocycles. The van der Waals surface area contributed by atoms with Crippen LogP contribution in [0.5, 0.6) is 0 Å². The molecule has 1 N–H and O–H groups in total. The van der Waals surface area contributed by atoms with E-state index in [0.29, 0.717) is 5.69 Å². The van der Waals surface area contributed by atoms with Crippen LogP contribution in [0, 0.1) is 3.57 Å². The Kier molecular flexibility index (Phi) is 5.51. The first-order chi connectivity index (χ1) is 10.0. The summed E-state index contributed by atoms with van der Waals surface area (Å²) < 4.78 is 5.95. The van der Waals surface area contributed by atoms with Gasteiger partial charge in [-0.2, -0.15) is 0 Å². The molecular formula is C14H10ClIN2O3. The molecule has 108 valence electrons. The molecule has 2 rings (SSSR count). The quantitative estimate of drug-likeness (QED) is 0.472. The summed E-state index contributed by atoms with van der Waals surface area (Å²) in [5.41, 5.74) is 0.881. The zero-order valence-electron chi connectivity index (χ0n) is 10.7. The Morgan fingerprint density at radius 2 is 1.90 bits per heavy atom. The maximum absolute atomic E-state index is 11.7. The van der Waals surface area contributed by atoms with Gasteiger partial charge < -0.3 is 10.1 Å². The third-order valence-corrected chi connectivity index (χ3v) is 3.37. The van der Waals surface area contributed by atoms with E-state index in [4.69, 9.17) is 16.3 Å². The number of aromatic nitrogens is 1. The molecule has 1 aromatic heterocycles. The largest absolute Gasteiger partial charge is 0.452 e. The maximum atomic E-state index is 11.7. The molecular weight excluding hydrogens is 407 g/mol. The molecule has 7 heteroatoms. The molecule has 0 unspecified atom stereocenters. The second kappa shape index (κ2) is 7.37. The zero-order valence-corrected chi connectivity index (χ0v) is 13.6. The summed E-state index contributed by atoms with van der Waals surface area (Å²) in [7, 11) is 0. The molecule has 1 heterocycles. The second-order valence-corrected chi connectivity index (χ2v) is 5.63. The predicted octanol–water partition coefficient (Wildman–Crippen LogP) is 3.14. The normalized spacial score (nSPS) is 10.0. The van der Waals surface area contributed by atoms with Crippen molar-refractivity contribution in [1.29, 1.82) is 0 Å². The number of nitrogens with zero attached hydrogens (tertiary/aromatic N) is 1. The molecule has 1 aromatic carbocycles. The highest BCUT2D eigenvalue weighted by Gasteiger charge is 2.10. The molecule has 0 aliphatic rings. The van der Waals surface area contributed by atoms with Crippen molar-refractivity contribution in [2.45, 2.75) is 0 Å². The van der Waals surface area contributed by atoms with Crippen LogP contribution in [-0.2, 0) is 9.53 Å². The van der Waals surface area contributed by atoms with Crippen LogP contribution in [0.2, 0.25) is 5.15 Å². The number of amides is 1. The minimum Gasteiger partial charge on any atom is -0.452 e. The lowest BCUT2D eigenvalue weighted by molar-refractivity contribution is -0.119. The van der Waals surface area contributed by atoms with Crippen molar-refractivity contribution in [1.82, 2.24) is 4.98 Å². The third kappa shape index (κ3) is 4.98. The number of pyridine rings is 1. The van der Waals surface area contributed by atoms with Crippen LogP contribution in [-0.4, -0.2) is 23.5 Å². The van der Waals surface area contributed by atoms with Crippen molar-refractivity contribution in [2.75, 3.05) is 11.9 Å². The molecule has 0 saturated heterocycles. The topological polar surface area (TPSA) is 68.3 Å². The molecule has 0 fully saturated rings. The number of benzene rings is 1. The highest BCUT2D eigenvalue weighted by atomic mass is 127. The molecule has 0 aliphatic carbocycles. The molecule has 2 aromatic rings. The Balaban J connectivity index is 1.84. The van der Waals surface area contributed by atoms with Crippen molar-refractivity contribution in [2.24, 2.45) is 0 Å². The van der Waals surface area contributed by atoms with E-state index in [1.807, 2.05) is 12.1 Å².